The van der Waals surface area contributed by atoms with Gasteiger partial charge >= 0.3 is 5.97 Å². The molecule has 0 aliphatic heterocycles. The van der Waals surface area contributed by atoms with Crippen LogP contribution in [0.3, 0.4) is 0 Å². The Labute approximate surface area is 208 Å². The second-order valence-corrected chi connectivity index (χ2v) is 10.0. The highest BCUT2D eigenvalue weighted by molar-refractivity contribution is 5.94. The van der Waals surface area contributed by atoms with E-state index in [9.17, 15) is 19.1 Å². The summed E-state index contributed by atoms with van der Waals surface area (Å²) in [5.74, 6) is -1.33. The number of hydrogen-bond acceptors (Lipinski definition) is 3. The topological polar surface area (TPSA) is 69.6 Å². The van der Waals surface area contributed by atoms with Crippen LogP contribution in [-0.4, -0.2) is 47.6 Å². The normalized spacial score (nSPS) is 20.7. The lowest BCUT2D eigenvalue weighted by atomic mass is 9.75. The van der Waals surface area contributed by atoms with Crippen LogP contribution >= 0.6 is 0 Å². The highest BCUT2D eigenvalue weighted by Crippen LogP contribution is 2.49. The molecule has 3 atom stereocenters. The van der Waals surface area contributed by atoms with E-state index in [1.165, 1.54) is 6.07 Å². The number of rotatable bonds is 11. The molecule has 2 aromatic carbocycles. The van der Waals surface area contributed by atoms with E-state index in [-0.39, 0.29) is 23.7 Å². The molecular formula is C29H39FN2O3. The van der Waals surface area contributed by atoms with E-state index in [1.54, 1.807) is 19.1 Å². The molecule has 190 valence electrons. The van der Waals surface area contributed by atoms with Crippen molar-refractivity contribution in [1.82, 2.24) is 10.2 Å². The largest absolute Gasteiger partial charge is 0.481 e. The summed E-state index contributed by atoms with van der Waals surface area (Å²) >= 11 is 0. The van der Waals surface area contributed by atoms with Crippen LogP contribution in [0.5, 0.6) is 0 Å². The summed E-state index contributed by atoms with van der Waals surface area (Å²) in [7, 11) is 0. The molecule has 0 spiro atoms. The molecule has 3 rings (SSSR count). The third-order valence-corrected chi connectivity index (χ3v) is 7.34. The maximum absolute atomic E-state index is 14.2. The third kappa shape index (κ3) is 6.10. The maximum Gasteiger partial charge on any atom is 0.314 e. The summed E-state index contributed by atoms with van der Waals surface area (Å²) in [6.45, 7) is 10.9. The van der Waals surface area contributed by atoms with Crippen LogP contribution in [0.2, 0.25) is 0 Å². The van der Waals surface area contributed by atoms with Crippen LogP contribution in [0.15, 0.2) is 42.5 Å². The van der Waals surface area contributed by atoms with Gasteiger partial charge in [-0.3, -0.25) is 9.59 Å². The van der Waals surface area contributed by atoms with Gasteiger partial charge in [0.15, 0.2) is 0 Å². The van der Waals surface area contributed by atoms with Gasteiger partial charge in [0.2, 0.25) is 0 Å². The Bertz CT molecular complexity index is 1020. The molecule has 0 aromatic heterocycles. The number of halogens is 1. The van der Waals surface area contributed by atoms with Crippen molar-refractivity contribution in [2.75, 3.05) is 19.6 Å². The standard InChI is InChI=1S/C29H39FN2O3/c1-5-16-32(17-6-2)19-20(3)31-27(33)23-12-10-22(11-13-23)24-14-15-29(18-24,28(34)35)25-8-7-9-26(30)21(25)4/h7-13,20,24H,5-6,14-19H2,1-4H3,(H,31,33)(H,34,35)/t20-,24?,29+/m1/s1. The van der Waals surface area contributed by atoms with E-state index < -0.39 is 11.4 Å². The highest BCUT2D eigenvalue weighted by Gasteiger charge is 2.48. The van der Waals surface area contributed by atoms with Crippen molar-refractivity contribution in [3.63, 3.8) is 0 Å². The Morgan fingerprint density at radius 2 is 1.80 bits per heavy atom. The van der Waals surface area contributed by atoms with Gasteiger partial charge in [-0.25, -0.2) is 4.39 Å². The monoisotopic (exact) mass is 482 g/mol. The lowest BCUT2D eigenvalue weighted by Crippen LogP contribution is -2.42. The van der Waals surface area contributed by atoms with Gasteiger partial charge in [-0.05, 0) is 99.8 Å². The van der Waals surface area contributed by atoms with Crippen molar-refractivity contribution in [2.24, 2.45) is 0 Å². The SMILES string of the molecule is CCCN(CCC)C[C@@H](C)NC(=O)c1ccc(C2CC[C@@](C(=O)O)(c3cccc(F)c3C)C2)cc1. The number of carbonyl (C=O) groups excluding carboxylic acids is 1. The molecule has 2 aromatic rings. The first-order valence-corrected chi connectivity index (χ1v) is 12.8. The van der Waals surface area contributed by atoms with E-state index in [4.69, 9.17) is 0 Å². The van der Waals surface area contributed by atoms with E-state index in [2.05, 4.69) is 24.1 Å². The van der Waals surface area contributed by atoms with Crippen molar-refractivity contribution >= 4 is 11.9 Å². The van der Waals surface area contributed by atoms with E-state index >= 15 is 0 Å². The molecular weight excluding hydrogens is 443 g/mol. The molecule has 1 amide bonds. The van der Waals surface area contributed by atoms with Crippen LogP contribution in [0, 0.1) is 12.7 Å². The number of nitrogens with one attached hydrogen (secondary N) is 1. The minimum Gasteiger partial charge on any atom is -0.481 e. The number of carboxylic acid groups (broad SMARTS) is 1. The molecule has 0 bridgehead atoms. The Kier molecular flexibility index (Phi) is 9.06. The second-order valence-electron chi connectivity index (χ2n) is 10.0. The molecule has 1 unspecified atom stereocenters. The van der Waals surface area contributed by atoms with Crippen molar-refractivity contribution in [3.05, 3.63) is 70.5 Å². The first kappa shape index (κ1) is 26.9. The molecule has 1 saturated carbocycles. The summed E-state index contributed by atoms with van der Waals surface area (Å²) in [6, 6.07) is 12.3. The van der Waals surface area contributed by atoms with Crippen LogP contribution in [0.4, 0.5) is 4.39 Å². The predicted octanol–water partition coefficient (Wildman–Crippen LogP) is 5.66. The van der Waals surface area contributed by atoms with Gasteiger partial charge in [0.25, 0.3) is 5.91 Å². The fraction of sp³-hybridized carbons (Fsp3) is 0.517. The minimum atomic E-state index is -1.09. The Morgan fingerprint density at radius 3 is 2.40 bits per heavy atom. The van der Waals surface area contributed by atoms with Gasteiger partial charge < -0.3 is 15.3 Å². The number of amides is 1. The van der Waals surface area contributed by atoms with E-state index in [0.717, 1.165) is 38.0 Å². The summed E-state index contributed by atoms with van der Waals surface area (Å²) in [5, 5.41) is 13.2. The highest BCUT2D eigenvalue weighted by atomic mass is 19.1. The van der Waals surface area contributed by atoms with Crippen molar-refractivity contribution < 1.29 is 19.1 Å². The molecule has 5 nitrogen and oxygen atoms in total. The second kappa shape index (κ2) is 11.8. The zero-order chi connectivity index (χ0) is 25.6. The summed E-state index contributed by atoms with van der Waals surface area (Å²) in [4.78, 5) is 27.6. The fourth-order valence-corrected chi connectivity index (χ4v) is 5.58. The van der Waals surface area contributed by atoms with Crippen LogP contribution in [-0.2, 0) is 10.2 Å². The number of benzene rings is 2. The molecule has 0 radical (unpaired) electrons. The smallest absolute Gasteiger partial charge is 0.314 e. The van der Waals surface area contributed by atoms with Crippen molar-refractivity contribution in [2.45, 2.75) is 77.2 Å². The molecule has 6 heteroatoms. The number of nitrogens with zero attached hydrogens (tertiary/aromatic N) is 1. The Balaban J connectivity index is 1.68. The van der Waals surface area contributed by atoms with Crippen molar-refractivity contribution in [3.8, 4) is 0 Å². The molecule has 1 fully saturated rings. The minimum absolute atomic E-state index is 0.0424. The summed E-state index contributed by atoms with van der Waals surface area (Å²) in [5.41, 5.74) is 1.50. The molecule has 35 heavy (non-hydrogen) atoms. The van der Waals surface area contributed by atoms with E-state index in [1.807, 2.05) is 31.2 Å². The molecule has 0 saturated heterocycles. The molecule has 0 heterocycles. The van der Waals surface area contributed by atoms with Gasteiger partial charge in [0.05, 0.1) is 5.41 Å². The lowest BCUT2D eigenvalue weighted by molar-refractivity contribution is -0.143. The third-order valence-electron chi connectivity index (χ3n) is 7.34. The number of carboxylic acids is 1. The molecule has 1 aliphatic carbocycles. The Morgan fingerprint density at radius 1 is 1.14 bits per heavy atom. The van der Waals surface area contributed by atoms with Gasteiger partial charge in [-0.15, -0.1) is 0 Å². The first-order valence-electron chi connectivity index (χ1n) is 12.8. The zero-order valence-electron chi connectivity index (χ0n) is 21.4. The average Bonchev–Trinajstić information content (AvgIpc) is 3.28. The van der Waals surface area contributed by atoms with Crippen LogP contribution in [0.25, 0.3) is 0 Å². The van der Waals surface area contributed by atoms with Gasteiger partial charge in [-0.2, -0.15) is 0 Å². The molecule has 1 aliphatic rings. The number of aliphatic carboxylic acids is 1. The number of hydrogen-bond donors (Lipinski definition) is 2. The number of carbonyl (C=O) groups is 2. The zero-order valence-corrected chi connectivity index (χ0v) is 21.4. The van der Waals surface area contributed by atoms with Crippen molar-refractivity contribution in [1.29, 1.82) is 0 Å². The maximum atomic E-state index is 14.2. The van der Waals surface area contributed by atoms with Gasteiger partial charge in [0.1, 0.15) is 5.82 Å². The van der Waals surface area contributed by atoms with Gasteiger partial charge in [-0.1, -0.05) is 38.1 Å². The Hall–Kier alpha value is -2.73. The van der Waals surface area contributed by atoms with Crippen LogP contribution < -0.4 is 5.32 Å². The van der Waals surface area contributed by atoms with Gasteiger partial charge in [0, 0.05) is 18.2 Å². The molecule has 2 N–H and O–H groups in total. The predicted molar refractivity (Wildman–Crippen MR) is 137 cm³/mol. The average molecular weight is 483 g/mol. The lowest BCUT2D eigenvalue weighted by Gasteiger charge is -2.27. The first-order chi connectivity index (χ1) is 16.7. The fourth-order valence-electron chi connectivity index (χ4n) is 5.58. The summed E-state index contributed by atoms with van der Waals surface area (Å²) in [6.07, 6.45) is 3.76. The quantitative estimate of drug-likeness (QED) is 0.433. The van der Waals surface area contributed by atoms with E-state index in [0.29, 0.717) is 36.0 Å². The van der Waals surface area contributed by atoms with Crippen LogP contribution in [0.1, 0.15) is 85.8 Å². The summed E-state index contributed by atoms with van der Waals surface area (Å²) < 4.78 is 14.2.